The maximum Gasteiger partial charge on any atom is 0.187 e. The van der Waals surface area contributed by atoms with Crippen LogP contribution in [0.25, 0.3) is 0 Å². The summed E-state index contributed by atoms with van der Waals surface area (Å²) in [5, 5.41) is 3.26. The fourth-order valence-corrected chi connectivity index (χ4v) is 2.08. The first kappa shape index (κ1) is 16.6. The highest BCUT2D eigenvalue weighted by Gasteiger charge is 2.05. The molecule has 0 aromatic heterocycles. The molecular formula is C19H21NO3. The number of ether oxygens (including phenoxy) is 2. The molecule has 0 aliphatic carbocycles. The summed E-state index contributed by atoms with van der Waals surface area (Å²) in [6.45, 7) is 2.00. The van der Waals surface area contributed by atoms with Crippen molar-refractivity contribution in [2.75, 3.05) is 19.5 Å². The van der Waals surface area contributed by atoms with Gasteiger partial charge in [-0.25, -0.2) is 0 Å². The first-order valence-corrected chi connectivity index (χ1v) is 7.46. The molecule has 0 atom stereocenters. The number of carbonyl (C=O) groups excluding carboxylic acids is 1. The largest absolute Gasteiger partial charge is 0.497 e. The molecule has 0 amide bonds. The lowest BCUT2D eigenvalue weighted by atomic mass is 10.1. The maximum absolute atomic E-state index is 12.3. The number of hydrogen-bond acceptors (Lipinski definition) is 4. The van der Waals surface area contributed by atoms with E-state index in [4.69, 9.17) is 9.47 Å². The molecule has 0 aliphatic rings. The van der Waals surface area contributed by atoms with Crippen LogP contribution in [0.1, 0.15) is 23.7 Å². The Balaban J connectivity index is 2.11. The van der Waals surface area contributed by atoms with Crippen LogP contribution in [0, 0.1) is 0 Å². The molecule has 0 heterocycles. The van der Waals surface area contributed by atoms with Gasteiger partial charge in [0.05, 0.1) is 14.2 Å². The van der Waals surface area contributed by atoms with Crippen LogP contribution in [0.4, 0.5) is 5.69 Å². The summed E-state index contributed by atoms with van der Waals surface area (Å²) >= 11 is 0. The molecule has 0 saturated heterocycles. The van der Waals surface area contributed by atoms with Crippen molar-refractivity contribution in [2.24, 2.45) is 0 Å². The van der Waals surface area contributed by atoms with Crippen LogP contribution in [-0.4, -0.2) is 20.0 Å². The number of benzene rings is 2. The molecule has 0 spiro atoms. The second-order valence-corrected chi connectivity index (χ2v) is 4.97. The van der Waals surface area contributed by atoms with E-state index in [2.05, 4.69) is 5.32 Å². The van der Waals surface area contributed by atoms with Gasteiger partial charge in [0.1, 0.15) is 11.5 Å². The fourth-order valence-electron chi connectivity index (χ4n) is 2.08. The van der Waals surface area contributed by atoms with Crippen molar-refractivity contribution in [3.8, 4) is 11.5 Å². The Hall–Kier alpha value is -2.75. The zero-order chi connectivity index (χ0) is 16.7. The Bertz CT molecular complexity index is 673. The van der Waals surface area contributed by atoms with Crippen LogP contribution in [-0.2, 0) is 0 Å². The summed E-state index contributed by atoms with van der Waals surface area (Å²) < 4.78 is 10.2. The van der Waals surface area contributed by atoms with Crippen molar-refractivity contribution in [1.82, 2.24) is 0 Å². The molecule has 2 rings (SSSR count). The van der Waals surface area contributed by atoms with Crippen LogP contribution < -0.4 is 14.8 Å². The Morgan fingerprint density at radius 1 is 0.957 bits per heavy atom. The van der Waals surface area contributed by atoms with Crippen LogP contribution in [0.2, 0.25) is 0 Å². The molecule has 4 nitrogen and oxygen atoms in total. The lowest BCUT2D eigenvalue weighted by molar-refractivity contribution is 0.104. The number of carbonyl (C=O) groups is 1. The van der Waals surface area contributed by atoms with Gasteiger partial charge in [-0.2, -0.15) is 0 Å². The van der Waals surface area contributed by atoms with Gasteiger partial charge in [0, 0.05) is 23.0 Å². The second-order valence-electron chi connectivity index (χ2n) is 4.97. The summed E-state index contributed by atoms with van der Waals surface area (Å²) in [7, 11) is 3.23. The van der Waals surface area contributed by atoms with Gasteiger partial charge in [-0.3, -0.25) is 4.79 Å². The van der Waals surface area contributed by atoms with E-state index in [1.165, 1.54) is 0 Å². The molecule has 1 N–H and O–H groups in total. The van der Waals surface area contributed by atoms with E-state index >= 15 is 0 Å². The van der Waals surface area contributed by atoms with Crippen molar-refractivity contribution in [1.29, 1.82) is 0 Å². The molecule has 2 aromatic rings. The lowest BCUT2D eigenvalue weighted by Crippen LogP contribution is -2.03. The van der Waals surface area contributed by atoms with Gasteiger partial charge < -0.3 is 14.8 Å². The molecule has 23 heavy (non-hydrogen) atoms. The van der Waals surface area contributed by atoms with Crippen molar-refractivity contribution < 1.29 is 14.3 Å². The second kappa shape index (κ2) is 8.03. The number of nitrogens with one attached hydrogen (secondary N) is 1. The third kappa shape index (κ3) is 4.61. The van der Waals surface area contributed by atoms with Crippen LogP contribution in [0.3, 0.4) is 0 Å². The molecule has 120 valence electrons. The normalized spacial score (nSPS) is 11.0. The topological polar surface area (TPSA) is 47.6 Å². The number of hydrogen-bond donors (Lipinski definition) is 1. The predicted octanol–water partition coefficient (Wildman–Crippen LogP) is 4.29. The zero-order valence-corrected chi connectivity index (χ0v) is 13.6. The van der Waals surface area contributed by atoms with Gasteiger partial charge in [-0.15, -0.1) is 0 Å². The molecule has 4 heteroatoms. The average Bonchev–Trinajstić information content (AvgIpc) is 2.61. The average molecular weight is 311 g/mol. The molecule has 0 radical (unpaired) electrons. The fraction of sp³-hybridized carbons (Fsp3) is 0.211. The third-order valence-corrected chi connectivity index (χ3v) is 3.46. The van der Waals surface area contributed by atoms with E-state index in [-0.39, 0.29) is 5.78 Å². The molecule has 0 unspecified atom stereocenters. The van der Waals surface area contributed by atoms with Gasteiger partial charge in [0.2, 0.25) is 0 Å². The lowest BCUT2D eigenvalue weighted by Gasteiger charge is -2.10. The number of rotatable bonds is 7. The number of anilines is 1. The summed E-state index contributed by atoms with van der Waals surface area (Å²) in [4.78, 5) is 12.3. The molecule has 0 bridgehead atoms. The highest BCUT2D eigenvalue weighted by molar-refractivity contribution is 6.05. The van der Waals surface area contributed by atoms with E-state index in [9.17, 15) is 4.79 Å². The summed E-state index contributed by atoms with van der Waals surface area (Å²) in [5.74, 6) is 1.50. The minimum absolute atomic E-state index is 0.0366. The van der Waals surface area contributed by atoms with E-state index in [0.717, 1.165) is 29.3 Å². The Morgan fingerprint density at radius 3 is 1.96 bits per heavy atom. The van der Waals surface area contributed by atoms with Crippen LogP contribution >= 0.6 is 0 Å². The van der Waals surface area contributed by atoms with Gasteiger partial charge in [0.25, 0.3) is 0 Å². The standard InChI is InChI=1S/C19H21NO3/c1-4-15(20-16-7-11-18(23-3)12-8-16)13-19(21)14-5-9-17(22-2)10-6-14/h5-13,20H,4H2,1-3H3. The first-order chi connectivity index (χ1) is 11.2. The zero-order valence-electron chi connectivity index (χ0n) is 13.6. The number of methoxy groups -OCH3 is 2. The van der Waals surface area contributed by atoms with Crippen molar-refractivity contribution in [2.45, 2.75) is 13.3 Å². The van der Waals surface area contributed by atoms with Crippen molar-refractivity contribution >= 4 is 11.5 Å². The quantitative estimate of drug-likeness (QED) is 0.612. The van der Waals surface area contributed by atoms with Gasteiger partial charge in [0.15, 0.2) is 5.78 Å². The number of allylic oxidation sites excluding steroid dienone is 2. The molecule has 2 aromatic carbocycles. The SMILES string of the molecule is CCC(=CC(=O)c1ccc(OC)cc1)Nc1ccc(OC)cc1. The highest BCUT2D eigenvalue weighted by Crippen LogP contribution is 2.18. The van der Waals surface area contributed by atoms with Gasteiger partial charge in [-0.1, -0.05) is 6.92 Å². The molecule has 0 aliphatic heterocycles. The monoisotopic (exact) mass is 311 g/mol. The predicted molar refractivity (Wildman–Crippen MR) is 92.3 cm³/mol. The van der Waals surface area contributed by atoms with E-state index < -0.39 is 0 Å². The smallest absolute Gasteiger partial charge is 0.187 e. The number of ketones is 1. The van der Waals surface area contributed by atoms with Crippen molar-refractivity contribution in [3.05, 3.63) is 65.9 Å². The van der Waals surface area contributed by atoms with E-state index in [1.54, 1.807) is 44.6 Å². The minimum atomic E-state index is -0.0366. The third-order valence-electron chi connectivity index (χ3n) is 3.46. The van der Waals surface area contributed by atoms with Crippen molar-refractivity contribution in [3.63, 3.8) is 0 Å². The molecule has 0 saturated carbocycles. The van der Waals surface area contributed by atoms with Gasteiger partial charge >= 0.3 is 0 Å². The Morgan fingerprint density at radius 2 is 1.48 bits per heavy atom. The van der Waals surface area contributed by atoms with Gasteiger partial charge in [-0.05, 0) is 55.0 Å². The van der Waals surface area contributed by atoms with E-state index in [1.807, 2.05) is 31.2 Å². The summed E-state index contributed by atoms with van der Waals surface area (Å²) in [6, 6.07) is 14.7. The summed E-state index contributed by atoms with van der Waals surface area (Å²) in [6.07, 6.45) is 2.36. The first-order valence-electron chi connectivity index (χ1n) is 7.46. The van der Waals surface area contributed by atoms with E-state index in [0.29, 0.717) is 5.56 Å². The van der Waals surface area contributed by atoms with Crippen LogP contribution in [0.15, 0.2) is 60.3 Å². The highest BCUT2D eigenvalue weighted by atomic mass is 16.5. The Kier molecular flexibility index (Phi) is 5.80. The molecule has 0 fully saturated rings. The maximum atomic E-state index is 12.3. The molecular weight excluding hydrogens is 290 g/mol. The minimum Gasteiger partial charge on any atom is -0.497 e. The van der Waals surface area contributed by atoms with Crippen LogP contribution in [0.5, 0.6) is 11.5 Å². The summed E-state index contributed by atoms with van der Waals surface area (Å²) in [5.41, 5.74) is 2.41. The Labute approximate surface area is 136 Å².